The van der Waals surface area contributed by atoms with Gasteiger partial charge in [-0.2, -0.15) is 5.26 Å². The number of ether oxygens (including phenoxy) is 1. The van der Waals surface area contributed by atoms with Crippen molar-refractivity contribution in [1.29, 1.82) is 5.26 Å². The summed E-state index contributed by atoms with van der Waals surface area (Å²) < 4.78 is 30.4. The van der Waals surface area contributed by atoms with Crippen LogP contribution >= 0.6 is 15.9 Å². The molecule has 6 heteroatoms. The third-order valence-corrected chi connectivity index (χ3v) is 2.40. The third kappa shape index (κ3) is 2.42. The van der Waals surface area contributed by atoms with Gasteiger partial charge in [0.15, 0.2) is 5.75 Å². The second kappa shape index (κ2) is 5.03. The van der Waals surface area contributed by atoms with Crippen molar-refractivity contribution >= 4 is 15.9 Å². The first-order valence-electron chi connectivity index (χ1n) is 3.98. The molecule has 3 nitrogen and oxygen atoms in total. The summed E-state index contributed by atoms with van der Waals surface area (Å²) in [6.07, 6.45) is -1.48. The highest BCUT2D eigenvalue weighted by atomic mass is 79.9. The number of nitriles is 1. The number of hydrogen-bond donors (Lipinski definition) is 0. The highest BCUT2D eigenvalue weighted by Crippen LogP contribution is 2.36. The molecule has 0 aliphatic carbocycles. The van der Waals surface area contributed by atoms with Gasteiger partial charge in [0.05, 0.1) is 30.9 Å². The average Bonchev–Trinajstić information content (AvgIpc) is 2.19. The zero-order valence-electron chi connectivity index (χ0n) is 7.80. The lowest BCUT2D eigenvalue weighted by molar-refractivity contribution is 0.145. The lowest BCUT2D eigenvalue weighted by Gasteiger charge is -2.12. The average molecular weight is 277 g/mol. The minimum atomic E-state index is -2.67. The molecule has 1 aromatic heterocycles. The van der Waals surface area contributed by atoms with E-state index in [2.05, 4.69) is 20.9 Å². The van der Waals surface area contributed by atoms with Crippen LogP contribution in [0.3, 0.4) is 0 Å². The molecule has 15 heavy (non-hydrogen) atoms. The molecule has 0 amide bonds. The summed E-state index contributed by atoms with van der Waals surface area (Å²) in [6, 6.07) is 1.84. The van der Waals surface area contributed by atoms with Gasteiger partial charge in [-0.05, 0) is 15.9 Å². The van der Waals surface area contributed by atoms with Gasteiger partial charge in [0, 0.05) is 10.7 Å². The Balaban J connectivity index is 3.34. The molecule has 0 spiro atoms. The fourth-order valence-electron chi connectivity index (χ4n) is 1.16. The standard InChI is InChI=1S/C9H7BrF2N2O/c1-15-8-6(2-3-13)14-4-5(10)7(8)9(11)12/h4,9H,2H2,1H3. The van der Waals surface area contributed by atoms with Crippen LogP contribution in [0.1, 0.15) is 17.7 Å². The fourth-order valence-corrected chi connectivity index (χ4v) is 1.61. The maximum absolute atomic E-state index is 12.7. The molecule has 0 atom stereocenters. The van der Waals surface area contributed by atoms with Gasteiger partial charge < -0.3 is 4.74 Å². The normalized spacial score (nSPS) is 10.1. The van der Waals surface area contributed by atoms with Crippen molar-refractivity contribution in [2.45, 2.75) is 12.8 Å². The first-order valence-corrected chi connectivity index (χ1v) is 4.77. The van der Waals surface area contributed by atoms with Gasteiger partial charge in [0.25, 0.3) is 6.43 Å². The quantitative estimate of drug-likeness (QED) is 0.853. The van der Waals surface area contributed by atoms with Crippen molar-refractivity contribution < 1.29 is 13.5 Å². The predicted octanol–water partition coefficient (Wildman–Crippen LogP) is 2.86. The van der Waals surface area contributed by atoms with Gasteiger partial charge in [-0.3, -0.25) is 4.98 Å². The number of nitrogens with zero attached hydrogens (tertiary/aromatic N) is 2. The van der Waals surface area contributed by atoms with Crippen LogP contribution in [0.5, 0.6) is 5.75 Å². The lowest BCUT2D eigenvalue weighted by atomic mass is 10.1. The van der Waals surface area contributed by atoms with Crippen LogP contribution in [0.25, 0.3) is 0 Å². The van der Waals surface area contributed by atoms with E-state index in [0.29, 0.717) is 0 Å². The smallest absolute Gasteiger partial charge is 0.268 e. The van der Waals surface area contributed by atoms with Crippen molar-refractivity contribution in [3.8, 4) is 11.8 Å². The van der Waals surface area contributed by atoms with E-state index in [0.717, 1.165) is 0 Å². The summed E-state index contributed by atoms with van der Waals surface area (Å²) in [6.45, 7) is 0. The Bertz CT molecular complexity index is 404. The second-order valence-corrected chi connectivity index (χ2v) is 3.49. The molecule has 0 radical (unpaired) electrons. The van der Waals surface area contributed by atoms with Crippen LogP contribution < -0.4 is 4.74 Å². The Kier molecular flexibility index (Phi) is 3.97. The van der Waals surface area contributed by atoms with Gasteiger partial charge in [0.1, 0.15) is 0 Å². The Morgan fingerprint density at radius 3 is 2.80 bits per heavy atom. The van der Waals surface area contributed by atoms with Crippen molar-refractivity contribution in [2.75, 3.05) is 7.11 Å². The molecule has 1 heterocycles. The molecule has 0 unspecified atom stereocenters. The van der Waals surface area contributed by atoms with Crippen LogP contribution in [0.2, 0.25) is 0 Å². The SMILES string of the molecule is COc1c(CC#N)ncc(Br)c1C(F)F. The first kappa shape index (κ1) is 11.9. The molecule has 0 bridgehead atoms. The third-order valence-electron chi connectivity index (χ3n) is 1.77. The van der Waals surface area contributed by atoms with E-state index in [9.17, 15) is 8.78 Å². The van der Waals surface area contributed by atoms with Gasteiger partial charge in [-0.25, -0.2) is 8.78 Å². The Morgan fingerprint density at radius 1 is 1.67 bits per heavy atom. The van der Waals surface area contributed by atoms with Gasteiger partial charge >= 0.3 is 0 Å². The van der Waals surface area contributed by atoms with Crippen LogP contribution in [0.15, 0.2) is 10.7 Å². The highest BCUT2D eigenvalue weighted by Gasteiger charge is 2.21. The van der Waals surface area contributed by atoms with Crippen LogP contribution in [0, 0.1) is 11.3 Å². The number of alkyl halides is 2. The topological polar surface area (TPSA) is 45.9 Å². The summed E-state index contributed by atoms with van der Waals surface area (Å²) in [7, 11) is 1.27. The number of hydrogen-bond acceptors (Lipinski definition) is 3. The number of rotatable bonds is 3. The predicted molar refractivity (Wildman–Crippen MR) is 52.8 cm³/mol. The van der Waals surface area contributed by atoms with Crippen molar-refractivity contribution in [2.24, 2.45) is 0 Å². The molecule has 0 aliphatic rings. The molecule has 1 rings (SSSR count). The molecule has 0 saturated carbocycles. The minimum absolute atomic E-state index is 0.0269. The van der Waals surface area contributed by atoms with Gasteiger partial charge in [0.2, 0.25) is 0 Å². The highest BCUT2D eigenvalue weighted by molar-refractivity contribution is 9.10. The van der Waals surface area contributed by atoms with Crippen molar-refractivity contribution in [3.63, 3.8) is 0 Å². The summed E-state index contributed by atoms with van der Waals surface area (Å²) in [5, 5.41) is 8.49. The van der Waals surface area contributed by atoms with Crippen molar-refractivity contribution in [1.82, 2.24) is 4.98 Å². The van der Waals surface area contributed by atoms with E-state index in [1.54, 1.807) is 0 Å². The molecule has 0 saturated heterocycles. The van der Waals surface area contributed by atoms with E-state index in [4.69, 9.17) is 10.00 Å². The van der Waals surface area contributed by atoms with Gasteiger partial charge in [-0.15, -0.1) is 0 Å². The van der Waals surface area contributed by atoms with Crippen LogP contribution in [-0.4, -0.2) is 12.1 Å². The molecular weight excluding hydrogens is 270 g/mol. The van der Waals surface area contributed by atoms with E-state index in [1.165, 1.54) is 13.3 Å². The molecule has 80 valence electrons. The summed E-state index contributed by atoms with van der Waals surface area (Å²) in [5.41, 5.74) is -0.0451. The zero-order chi connectivity index (χ0) is 11.4. The molecule has 0 fully saturated rings. The number of pyridine rings is 1. The monoisotopic (exact) mass is 276 g/mol. The zero-order valence-corrected chi connectivity index (χ0v) is 9.38. The van der Waals surface area contributed by atoms with E-state index >= 15 is 0 Å². The number of halogens is 3. The summed E-state index contributed by atoms with van der Waals surface area (Å²) in [4.78, 5) is 3.85. The Morgan fingerprint density at radius 2 is 2.33 bits per heavy atom. The Hall–Kier alpha value is -1.22. The maximum atomic E-state index is 12.7. The molecule has 0 aliphatic heterocycles. The molecular formula is C9H7BrF2N2O. The number of aromatic nitrogens is 1. The second-order valence-electron chi connectivity index (χ2n) is 2.64. The Labute approximate surface area is 93.8 Å². The van der Waals surface area contributed by atoms with Gasteiger partial charge in [-0.1, -0.05) is 0 Å². The largest absolute Gasteiger partial charge is 0.494 e. The van der Waals surface area contributed by atoms with Crippen molar-refractivity contribution in [3.05, 3.63) is 21.9 Å². The maximum Gasteiger partial charge on any atom is 0.268 e. The molecule has 0 aromatic carbocycles. The van der Waals surface area contributed by atoms with Crippen LogP contribution in [0.4, 0.5) is 8.78 Å². The fraction of sp³-hybridized carbons (Fsp3) is 0.333. The lowest BCUT2D eigenvalue weighted by Crippen LogP contribution is -2.01. The minimum Gasteiger partial charge on any atom is -0.494 e. The first-order chi connectivity index (χ1) is 7.11. The van der Waals surface area contributed by atoms with E-state index in [-0.39, 0.29) is 27.9 Å². The van der Waals surface area contributed by atoms with E-state index < -0.39 is 6.43 Å². The molecule has 0 N–H and O–H groups in total. The van der Waals surface area contributed by atoms with E-state index in [1.807, 2.05) is 6.07 Å². The summed E-state index contributed by atoms with van der Waals surface area (Å²) >= 11 is 2.97. The van der Waals surface area contributed by atoms with Crippen LogP contribution in [-0.2, 0) is 6.42 Å². The molecule has 1 aromatic rings. The summed E-state index contributed by atoms with van der Waals surface area (Å²) in [5.74, 6) is -0.0269. The number of methoxy groups -OCH3 is 1.